The maximum Gasteiger partial charge on any atom is 0.336 e. The van der Waals surface area contributed by atoms with Crippen LogP contribution < -0.4 is 4.74 Å². The minimum Gasteiger partial charge on any atom is -0.493 e. The number of aliphatic hydroxyl groups is 1. The van der Waals surface area contributed by atoms with Crippen LogP contribution in [0.3, 0.4) is 0 Å². The molecule has 30 heavy (non-hydrogen) atoms. The predicted molar refractivity (Wildman–Crippen MR) is 116 cm³/mol. The Kier molecular flexibility index (Phi) is 11.5. The van der Waals surface area contributed by atoms with Gasteiger partial charge in [-0.3, -0.25) is 0 Å². The molecule has 1 aromatic rings. The standard InChI is InChI=1S/C24H34O6/c1-6-7-8-9-20-10-12-22(13-11-20)28-14-21(15-29-23(26)17(2)3)16-30-24(27)18(4)19(5)25/h10-13,19,21,25H,2,4,6-9,14-16H2,1,3,5H3. The molecule has 0 amide bonds. The second-order valence-electron chi connectivity index (χ2n) is 7.46. The van der Waals surface area contributed by atoms with E-state index in [-0.39, 0.29) is 36.9 Å². The van der Waals surface area contributed by atoms with Gasteiger partial charge in [0.1, 0.15) is 19.0 Å². The SMILES string of the molecule is C=C(C)C(=O)OCC(COC(=O)C(=C)C(C)O)COc1ccc(CCCCC)cc1. The van der Waals surface area contributed by atoms with E-state index in [9.17, 15) is 14.7 Å². The quantitative estimate of drug-likeness (QED) is 0.279. The lowest BCUT2D eigenvalue weighted by atomic mass is 10.1. The summed E-state index contributed by atoms with van der Waals surface area (Å²) in [6.45, 7) is 12.4. The van der Waals surface area contributed by atoms with Gasteiger partial charge < -0.3 is 19.3 Å². The first-order chi connectivity index (χ1) is 14.2. The van der Waals surface area contributed by atoms with Crippen LogP contribution in [0.5, 0.6) is 5.75 Å². The van der Waals surface area contributed by atoms with Crippen molar-refractivity contribution in [2.24, 2.45) is 5.92 Å². The van der Waals surface area contributed by atoms with Crippen molar-refractivity contribution >= 4 is 11.9 Å². The Hall–Kier alpha value is -2.60. The van der Waals surface area contributed by atoms with Gasteiger partial charge in [0.15, 0.2) is 0 Å². The first-order valence-corrected chi connectivity index (χ1v) is 10.3. The van der Waals surface area contributed by atoms with Gasteiger partial charge >= 0.3 is 11.9 Å². The van der Waals surface area contributed by atoms with Crippen LogP contribution in [0.15, 0.2) is 48.6 Å². The highest BCUT2D eigenvalue weighted by atomic mass is 16.6. The molecule has 1 rings (SSSR count). The molecule has 2 unspecified atom stereocenters. The molecule has 166 valence electrons. The third kappa shape index (κ3) is 9.74. The van der Waals surface area contributed by atoms with E-state index in [1.165, 1.54) is 25.3 Å². The van der Waals surface area contributed by atoms with Crippen molar-refractivity contribution in [1.82, 2.24) is 0 Å². The summed E-state index contributed by atoms with van der Waals surface area (Å²) in [5, 5.41) is 9.43. The fourth-order valence-electron chi connectivity index (χ4n) is 2.46. The second kappa shape index (κ2) is 13.6. The average Bonchev–Trinajstić information content (AvgIpc) is 2.73. The van der Waals surface area contributed by atoms with E-state index in [0.29, 0.717) is 5.75 Å². The Bertz CT molecular complexity index is 705. The van der Waals surface area contributed by atoms with E-state index >= 15 is 0 Å². The minimum absolute atomic E-state index is 0.00916. The topological polar surface area (TPSA) is 82.1 Å². The average molecular weight is 419 g/mol. The molecule has 6 nitrogen and oxygen atoms in total. The Morgan fingerprint density at radius 1 is 1.00 bits per heavy atom. The number of hydrogen-bond donors (Lipinski definition) is 1. The summed E-state index contributed by atoms with van der Waals surface area (Å²) in [7, 11) is 0. The minimum atomic E-state index is -0.996. The summed E-state index contributed by atoms with van der Waals surface area (Å²) in [5.41, 5.74) is 1.51. The molecule has 0 saturated carbocycles. The zero-order chi connectivity index (χ0) is 22.5. The van der Waals surface area contributed by atoms with Gasteiger partial charge in [-0.25, -0.2) is 9.59 Å². The fraction of sp³-hybridized carbons (Fsp3) is 0.500. The fourth-order valence-corrected chi connectivity index (χ4v) is 2.46. The molecule has 2 atom stereocenters. The van der Waals surface area contributed by atoms with Gasteiger partial charge in [0, 0.05) is 5.57 Å². The highest BCUT2D eigenvalue weighted by molar-refractivity contribution is 5.88. The number of hydrogen-bond acceptors (Lipinski definition) is 6. The molecular weight excluding hydrogens is 384 g/mol. The third-order valence-electron chi connectivity index (χ3n) is 4.49. The zero-order valence-electron chi connectivity index (χ0n) is 18.3. The molecule has 0 aliphatic rings. The van der Waals surface area contributed by atoms with E-state index in [4.69, 9.17) is 14.2 Å². The van der Waals surface area contributed by atoms with Crippen molar-refractivity contribution < 1.29 is 28.9 Å². The van der Waals surface area contributed by atoms with Gasteiger partial charge in [0.05, 0.1) is 24.2 Å². The number of benzene rings is 1. The van der Waals surface area contributed by atoms with Crippen molar-refractivity contribution in [1.29, 1.82) is 0 Å². The Morgan fingerprint density at radius 2 is 1.60 bits per heavy atom. The number of carbonyl (C=O) groups excluding carboxylic acids is 2. The van der Waals surface area contributed by atoms with Gasteiger partial charge in [-0.1, -0.05) is 45.1 Å². The Morgan fingerprint density at radius 3 is 2.13 bits per heavy atom. The molecule has 1 N–H and O–H groups in total. The largest absolute Gasteiger partial charge is 0.493 e. The molecule has 0 radical (unpaired) electrons. The summed E-state index contributed by atoms with van der Waals surface area (Å²) >= 11 is 0. The van der Waals surface area contributed by atoms with Gasteiger partial charge in [-0.15, -0.1) is 0 Å². The molecule has 0 spiro atoms. The van der Waals surface area contributed by atoms with Crippen molar-refractivity contribution in [2.45, 2.75) is 52.6 Å². The summed E-state index contributed by atoms with van der Waals surface area (Å²) < 4.78 is 16.2. The molecule has 0 saturated heterocycles. The maximum absolute atomic E-state index is 11.9. The van der Waals surface area contributed by atoms with Crippen LogP contribution in [0, 0.1) is 5.92 Å². The van der Waals surface area contributed by atoms with Gasteiger partial charge in [0.25, 0.3) is 0 Å². The van der Waals surface area contributed by atoms with Crippen molar-refractivity contribution in [3.63, 3.8) is 0 Å². The van der Waals surface area contributed by atoms with Crippen LogP contribution in [-0.2, 0) is 25.5 Å². The number of ether oxygens (including phenoxy) is 3. The molecule has 1 aromatic carbocycles. The highest BCUT2D eigenvalue weighted by Gasteiger charge is 2.19. The molecule has 0 aliphatic heterocycles. The van der Waals surface area contributed by atoms with Crippen molar-refractivity contribution in [2.75, 3.05) is 19.8 Å². The maximum atomic E-state index is 11.9. The summed E-state index contributed by atoms with van der Waals surface area (Å²) in [5.74, 6) is -0.915. The first kappa shape index (κ1) is 25.4. The number of carbonyl (C=O) groups is 2. The summed E-state index contributed by atoms with van der Waals surface area (Å²) in [6, 6.07) is 7.88. The molecule has 0 bridgehead atoms. The van der Waals surface area contributed by atoms with Crippen LogP contribution in [0.25, 0.3) is 0 Å². The Balaban J connectivity index is 2.63. The lowest BCUT2D eigenvalue weighted by Crippen LogP contribution is -2.27. The molecule has 0 aliphatic carbocycles. The number of aryl methyl sites for hydroxylation is 1. The van der Waals surface area contributed by atoms with E-state index in [2.05, 4.69) is 20.1 Å². The van der Waals surface area contributed by atoms with E-state index < -0.39 is 18.0 Å². The lowest BCUT2D eigenvalue weighted by Gasteiger charge is -2.19. The molecule has 0 aromatic heterocycles. The zero-order valence-corrected chi connectivity index (χ0v) is 18.3. The third-order valence-corrected chi connectivity index (χ3v) is 4.49. The molecule has 0 heterocycles. The van der Waals surface area contributed by atoms with Crippen LogP contribution in [-0.4, -0.2) is 43.0 Å². The number of unbranched alkanes of at least 4 members (excludes halogenated alkanes) is 2. The Labute approximate surface area is 179 Å². The van der Waals surface area contributed by atoms with Crippen molar-refractivity contribution in [3.05, 3.63) is 54.1 Å². The monoisotopic (exact) mass is 418 g/mol. The van der Waals surface area contributed by atoms with E-state index in [1.54, 1.807) is 6.92 Å². The first-order valence-electron chi connectivity index (χ1n) is 10.3. The van der Waals surface area contributed by atoms with Crippen LogP contribution in [0.1, 0.15) is 45.6 Å². The molecule has 0 fully saturated rings. The van der Waals surface area contributed by atoms with Crippen LogP contribution >= 0.6 is 0 Å². The predicted octanol–water partition coefficient (Wildman–Crippen LogP) is 4.01. The number of rotatable bonds is 14. The lowest BCUT2D eigenvalue weighted by molar-refractivity contribution is -0.145. The smallest absolute Gasteiger partial charge is 0.336 e. The second-order valence-corrected chi connectivity index (χ2v) is 7.46. The normalized spacial score (nSPS) is 12.5. The number of esters is 2. The highest BCUT2D eigenvalue weighted by Crippen LogP contribution is 2.16. The van der Waals surface area contributed by atoms with Gasteiger partial charge in [0.2, 0.25) is 0 Å². The van der Waals surface area contributed by atoms with Crippen LogP contribution in [0.4, 0.5) is 0 Å². The van der Waals surface area contributed by atoms with E-state index in [0.717, 1.165) is 12.8 Å². The van der Waals surface area contributed by atoms with Gasteiger partial charge in [-0.2, -0.15) is 0 Å². The number of aliphatic hydroxyl groups excluding tert-OH is 1. The van der Waals surface area contributed by atoms with Crippen LogP contribution in [0.2, 0.25) is 0 Å². The van der Waals surface area contributed by atoms with E-state index in [1.807, 2.05) is 24.3 Å². The molecule has 6 heteroatoms. The summed E-state index contributed by atoms with van der Waals surface area (Å²) in [6.07, 6.45) is 3.60. The molecular formula is C24H34O6. The van der Waals surface area contributed by atoms with Crippen molar-refractivity contribution in [3.8, 4) is 5.75 Å². The summed E-state index contributed by atoms with van der Waals surface area (Å²) in [4.78, 5) is 23.6. The van der Waals surface area contributed by atoms with Gasteiger partial charge in [-0.05, 0) is 44.4 Å².